The number of rotatable bonds is 6. The number of ether oxygens (including phenoxy) is 1. The van der Waals surface area contributed by atoms with Crippen LogP contribution in [0.2, 0.25) is 0 Å². The fourth-order valence-corrected chi connectivity index (χ4v) is 1.56. The molecule has 1 unspecified atom stereocenters. The Balaban J connectivity index is 2.46. The van der Waals surface area contributed by atoms with Crippen molar-refractivity contribution >= 4 is 5.91 Å². The van der Waals surface area contributed by atoms with Crippen LogP contribution in [0.15, 0.2) is 24.3 Å². The van der Waals surface area contributed by atoms with Crippen LogP contribution in [0.3, 0.4) is 0 Å². The highest BCUT2D eigenvalue weighted by Gasteiger charge is 2.06. The predicted octanol–water partition coefficient (Wildman–Crippen LogP) is 1.48. The molecule has 0 saturated carbocycles. The smallest absolute Gasteiger partial charge is 0.221 e. The Hall–Kier alpha value is -1.55. The molecule has 2 N–H and O–H groups in total. The molecule has 0 aliphatic heterocycles. The Bertz CT molecular complexity index is 366. The highest BCUT2D eigenvalue weighted by molar-refractivity contribution is 5.75. The molecule has 0 fully saturated rings. The van der Waals surface area contributed by atoms with Gasteiger partial charge in [-0.05, 0) is 24.6 Å². The molecular weight excluding hydrogens is 216 g/mol. The molecule has 0 bridgehead atoms. The zero-order valence-electron chi connectivity index (χ0n) is 10.6. The summed E-state index contributed by atoms with van der Waals surface area (Å²) < 4.78 is 5.17. The van der Waals surface area contributed by atoms with Crippen molar-refractivity contribution in [3.05, 3.63) is 29.8 Å². The van der Waals surface area contributed by atoms with E-state index in [0.29, 0.717) is 13.0 Å². The van der Waals surface area contributed by atoms with Crippen molar-refractivity contribution < 1.29 is 9.53 Å². The molecule has 0 saturated heterocycles. The van der Waals surface area contributed by atoms with Gasteiger partial charge in [-0.2, -0.15) is 0 Å². The quantitative estimate of drug-likeness (QED) is 0.786. The summed E-state index contributed by atoms with van der Waals surface area (Å²) in [7, 11) is 3.30. The van der Waals surface area contributed by atoms with Crippen LogP contribution in [-0.4, -0.2) is 26.6 Å². The maximum atomic E-state index is 11.1. The summed E-state index contributed by atoms with van der Waals surface area (Å²) in [5.41, 5.74) is 1.15. The normalized spacial score (nSPS) is 11.9. The molecule has 0 aromatic heterocycles. The molecule has 1 atom stereocenters. The highest BCUT2D eigenvalue weighted by atomic mass is 16.5. The van der Waals surface area contributed by atoms with E-state index in [1.54, 1.807) is 14.2 Å². The third-order valence-electron chi connectivity index (χ3n) is 2.68. The number of amides is 1. The maximum absolute atomic E-state index is 11.1. The van der Waals surface area contributed by atoms with Gasteiger partial charge in [0.1, 0.15) is 5.75 Å². The van der Waals surface area contributed by atoms with Crippen LogP contribution in [0.5, 0.6) is 5.75 Å². The Kier molecular flexibility index (Phi) is 5.49. The molecule has 4 heteroatoms. The monoisotopic (exact) mass is 236 g/mol. The van der Waals surface area contributed by atoms with E-state index in [-0.39, 0.29) is 11.9 Å². The third kappa shape index (κ3) is 4.44. The van der Waals surface area contributed by atoms with Crippen LogP contribution in [0.1, 0.15) is 24.9 Å². The third-order valence-corrected chi connectivity index (χ3v) is 2.68. The van der Waals surface area contributed by atoms with Gasteiger partial charge >= 0.3 is 0 Å². The molecule has 4 nitrogen and oxygen atoms in total. The molecule has 17 heavy (non-hydrogen) atoms. The molecule has 1 aromatic rings. The van der Waals surface area contributed by atoms with E-state index in [2.05, 4.69) is 17.6 Å². The lowest BCUT2D eigenvalue weighted by molar-refractivity contribution is -0.120. The lowest BCUT2D eigenvalue weighted by atomic mass is 10.1. The Morgan fingerprint density at radius 1 is 1.47 bits per heavy atom. The van der Waals surface area contributed by atoms with Crippen LogP contribution >= 0.6 is 0 Å². The van der Waals surface area contributed by atoms with Crippen molar-refractivity contribution in [3.63, 3.8) is 0 Å². The standard InChI is InChI=1S/C13H20N2O2/c1-10(15-8-7-13(16)14-2)11-5-4-6-12(9-11)17-3/h4-6,9-10,15H,7-8H2,1-3H3,(H,14,16). The van der Waals surface area contributed by atoms with Crippen molar-refractivity contribution in [2.75, 3.05) is 20.7 Å². The molecule has 0 heterocycles. The van der Waals surface area contributed by atoms with Gasteiger partial charge in [-0.1, -0.05) is 12.1 Å². The first-order valence-electron chi connectivity index (χ1n) is 5.75. The van der Waals surface area contributed by atoms with Crippen LogP contribution in [0, 0.1) is 0 Å². The average molecular weight is 236 g/mol. The second kappa shape index (κ2) is 6.91. The van der Waals surface area contributed by atoms with E-state index in [4.69, 9.17) is 4.74 Å². The summed E-state index contributed by atoms with van der Waals surface area (Å²) in [6.45, 7) is 2.73. The topological polar surface area (TPSA) is 50.4 Å². The zero-order valence-corrected chi connectivity index (χ0v) is 10.6. The second-order valence-electron chi connectivity index (χ2n) is 3.88. The first-order valence-corrected chi connectivity index (χ1v) is 5.75. The number of nitrogens with one attached hydrogen (secondary N) is 2. The van der Waals surface area contributed by atoms with Gasteiger partial charge in [0.25, 0.3) is 0 Å². The summed E-state index contributed by atoms with van der Waals surface area (Å²) in [5, 5.41) is 5.90. The molecule has 0 aliphatic carbocycles. The van der Waals surface area contributed by atoms with Gasteiger partial charge in [0.15, 0.2) is 0 Å². The predicted molar refractivity (Wildman–Crippen MR) is 68.1 cm³/mol. The van der Waals surface area contributed by atoms with E-state index >= 15 is 0 Å². The van der Waals surface area contributed by atoms with Crippen molar-refractivity contribution in [2.45, 2.75) is 19.4 Å². The van der Waals surface area contributed by atoms with Crippen LogP contribution < -0.4 is 15.4 Å². The first kappa shape index (κ1) is 13.5. The van der Waals surface area contributed by atoms with Crippen LogP contribution in [0.25, 0.3) is 0 Å². The van der Waals surface area contributed by atoms with Gasteiger partial charge in [0.05, 0.1) is 7.11 Å². The van der Waals surface area contributed by atoms with Gasteiger partial charge in [-0.15, -0.1) is 0 Å². The minimum Gasteiger partial charge on any atom is -0.497 e. The molecule has 1 rings (SSSR count). The first-order chi connectivity index (χ1) is 8.17. The van der Waals surface area contributed by atoms with E-state index in [1.807, 2.05) is 24.3 Å². The molecule has 94 valence electrons. The minimum absolute atomic E-state index is 0.0512. The molecular formula is C13H20N2O2. The summed E-state index contributed by atoms with van der Waals surface area (Å²) >= 11 is 0. The fourth-order valence-electron chi connectivity index (χ4n) is 1.56. The number of carbonyl (C=O) groups excluding carboxylic acids is 1. The summed E-state index contributed by atoms with van der Waals surface area (Å²) in [4.78, 5) is 11.1. The second-order valence-corrected chi connectivity index (χ2v) is 3.88. The number of hydrogen-bond acceptors (Lipinski definition) is 3. The minimum atomic E-state index is 0.0512. The SMILES string of the molecule is CNC(=O)CCNC(C)c1cccc(OC)c1. The Labute approximate surface area is 102 Å². The Morgan fingerprint density at radius 2 is 2.24 bits per heavy atom. The van der Waals surface area contributed by atoms with E-state index < -0.39 is 0 Å². The van der Waals surface area contributed by atoms with Crippen molar-refractivity contribution in [1.29, 1.82) is 0 Å². The number of carbonyl (C=O) groups is 1. The van der Waals surface area contributed by atoms with Gasteiger partial charge in [-0.3, -0.25) is 4.79 Å². The Morgan fingerprint density at radius 3 is 2.88 bits per heavy atom. The van der Waals surface area contributed by atoms with Crippen LogP contribution in [0.4, 0.5) is 0 Å². The molecule has 0 radical (unpaired) electrons. The number of methoxy groups -OCH3 is 1. The summed E-state index contributed by atoms with van der Waals surface area (Å²) in [6, 6.07) is 8.12. The molecule has 0 aliphatic rings. The zero-order chi connectivity index (χ0) is 12.7. The van der Waals surface area contributed by atoms with E-state index in [9.17, 15) is 4.79 Å². The van der Waals surface area contributed by atoms with E-state index in [0.717, 1.165) is 11.3 Å². The van der Waals surface area contributed by atoms with Gasteiger partial charge in [-0.25, -0.2) is 0 Å². The summed E-state index contributed by atoms with van der Waals surface area (Å²) in [5.74, 6) is 0.901. The van der Waals surface area contributed by atoms with Gasteiger partial charge in [0.2, 0.25) is 5.91 Å². The highest BCUT2D eigenvalue weighted by Crippen LogP contribution is 2.18. The molecule has 1 aromatic carbocycles. The van der Waals surface area contributed by atoms with Gasteiger partial charge < -0.3 is 15.4 Å². The van der Waals surface area contributed by atoms with E-state index in [1.165, 1.54) is 0 Å². The van der Waals surface area contributed by atoms with Crippen LogP contribution in [-0.2, 0) is 4.79 Å². The largest absolute Gasteiger partial charge is 0.497 e. The maximum Gasteiger partial charge on any atom is 0.221 e. The lowest BCUT2D eigenvalue weighted by Gasteiger charge is -2.14. The summed E-state index contributed by atoms with van der Waals surface area (Å²) in [6.07, 6.45) is 0.491. The number of benzene rings is 1. The van der Waals surface area contributed by atoms with Crippen molar-refractivity contribution in [2.24, 2.45) is 0 Å². The number of hydrogen-bond donors (Lipinski definition) is 2. The van der Waals surface area contributed by atoms with Crippen molar-refractivity contribution in [1.82, 2.24) is 10.6 Å². The van der Waals surface area contributed by atoms with Crippen molar-refractivity contribution in [3.8, 4) is 5.75 Å². The van der Waals surface area contributed by atoms with Gasteiger partial charge in [0, 0.05) is 26.1 Å². The fraction of sp³-hybridized carbons (Fsp3) is 0.462. The molecule has 0 spiro atoms. The molecule has 1 amide bonds. The average Bonchev–Trinajstić information content (AvgIpc) is 2.38. The lowest BCUT2D eigenvalue weighted by Crippen LogP contribution is -2.26.